The van der Waals surface area contributed by atoms with E-state index in [2.05, 4.69) is 37.7 Å². The number of aliphatic hydroxyl groups is 1. The molecule has 1 saturated heterocycles. The van der Waals surface area contributed by atoms with E-state index in [0.717, 1.165) is 25.4 Å². The molecule has 1 aliphatic rings. The summed E-state index contributed by atoms with van der Waals surface area (Å²) >= 11 is 0. The molecule has 3 nitrogen and oxygen atoms in total. The highest BCUT2D eigenvalue weighted by molar-refractivity contribution is 4.85. The molecule has 0 aromatic heterocycles. The Kier molecular flexibility index (Phi) is 5.73. The van der Waals surface area contributed by atoms with E-state index < -0.39 is 0 Å². The van der Waals surface area contributed by atoms with E-state index in [0.29, 0.717) is 18.6 Å². The van der Waals surface area contributed by atoms with Gasteiger partial charge in [0.05, 0.1) is 0 Å². The van der Waals surface area contributed by atoms with Gasteiger partial charge in [-0.15, -0.1) is 0 Å². The topological polar surface area (TPSA) is 26.7 Å². The summed E-state index contributed by atoms with van der Waals surface area (Å²) in [6.07, 6.45) is 2.42. The van der Waals surface area contributed by atoms with Gasteiger partial charge < -0.3 is 14.9 Å². The normalized spacial score (nSPS) is 27.9. The summed E-state index contributed by atoms with van der Waals surface area (Å²) in [5.41, 5.74) is 0. The monoisotopic (exact) mass is 228 g/mol. The molecule has 96 valence electrons. The van der Waals surface area contributed by atoms with Gasteiger partial charge in [0.2, 0.25) is 0 Å². The first kappa shape index (κ1) is 13.9. The summed E-state index contributed by atoms with van der Waals surface area (Å²) in [5, 5.41) is 9.37. The first-order chi connectivity index (χ1) is 7.54. The summed E-state index contributed by atoms with van der Waals surface area (Å²) in [6, 6.07) is 0.519. The molecule has 0 bridgehead atoms. The van der Waals surface area contributed by atoms with Crippen LogP contribution < -0.4 is 0 Å². The molecule has 1 fully saturated rings. The van der Waals surface area contributed by atoms with Crippen LogP contribution in [0.5, 0.6) is 0 Å². The van der Waals surface area contributed by atoms with Gasteiger partial charge in [0.15, 0.2) is 0 Å². The Morgan fingerprint density at radius 3 is 2.56 bits per heavy atom. The second-order valence-electron chi connectivity index (χ2n) is 5.75. The van der Waals surface area contributed by atoms with Crippen LogP contribution in [0.15, 0.2) is 0 Å². The average Bonchev–Trinajstić information content (AvgIpc) is 2.25. The lowest BCUT2D eigenvalue weighted by Crippen LogP contribution is -2.51. The molecule has 2 atom stereocenters. The molecule has 1 rings (SSSR count). The minimum Gasteiger partial charge on any atom is -0.396 e. The van der Waals surface area contributed by atoms with Gasteiger partial charge in [0.25, 0.3) is 0 Å². The number of rotatable bonds is 5. The van der Waals surface area contributed by atoms with Gasteiger partial charge in [-0.1, -0.05) is 13.8 Å². The SMILES string of the molecule is CC(C)CCN1CC[C@H](CO)[C@H](N(C)C)C1. The van der Waals surface area contributed by atoms with E-state index in [1.807, 2.05) is 0 Å². The van der Waals surface area contributed by atoms with Gasteiger partial charge in [-0.2, -0.15) is 0 Å². The Balaban J connectivity index is 2.42. The minimum atomic E-state index is 0.334. The van der Waals surface area contributed by atoms with Crippen LogP contribution in [-0.2, 0) is 0 Å². The Morgan fingerprint density at radius 2 is 2.06 bits per heavy atom. The molecule has 0 spiro atoms. The zero-order valence-corrected chi connectivity index (χ0v) is 11.3. The van der Waals surface area contributed by atoms with Crippen molar-refractivity contribution in [2.45, 2.75) is 32.7 Å². The van der Waals surface area contributed by atoms with E-state index in [1.165, 1.54) is 13.0 Å². The van der Waals surface area contributed by atoms with Crippen LogP contribution in [0.4, 0.5) is 0 Å². The molecule has 0 amide bonds. The van der Waals surface area contributed by atoms with Crippen molar-refractivity contribution in [1.82, 2.24) is 9.80 Å². The van der Waals surface area contributed by atoms with Crippen LogP contribution in [0.1, 0.15) is 26.7 Å². The first-order valence-electron chi connectivity index (χ1n) is 6.54. The van der Waals surface area contributed by atoms with Crippen LogP contribution in [0.3, 0.4) is 0 Å². The molecule has 16 heavy (non-hydrogen) atoms. The van der Waals surface area contributed by atoms with Gasteiger partial charge in [0, 0.05) is 19.2 Å². The van der Waals surface area contributed by atoms with Gasteiger partial charge in [-0.3, -0.25) is 0 Å². The van der Waals surface area contributed by atoms with Gasteiger partial charge in [-0.05, 0) is 51.9 Å². The summed E-state index contributed by atoms with van der Waals surface area (Å²) in [7, 11) is 4.25. The number of nitrogens with zero attached hydrogens (tertiary/aromatic N) is 2. The maximum absolute atomic E-state index is 9.37. The molecular formula is C13H28N2O. The maximum Gasteiger partial charge on any atom is 0.0475 e. The van der Waals surface area contributed by atoms with Crippen molar-refractivity contribution in [2.75, 3.05) is 40.3 Å². The molecule has 0 aliphatic carbocycles. The third kappa shape index (κ3) is 4.04. The smallest absolute Gasteiger partial charge is 0.0475 e. The first-order valence-corrected chi connectivity index (χ1v) is 6.54. The van der Waals surface area contributed by atoms with Gasteiger partial charge >= 0.3 is 0 Å². The fourth-order valence-corrected chi connectivity index (χ4v) is 2.49. The maximum atomic E-state index is 9.37. The summed E-state index contributed by atoms with van der Waals surface area (Å²) < 4.78 is 0. The minimum absolute atomic E-state index is 0.334. The predicted octanol–water partition coefficient (Wildman–Crippen LogP) is 1.28. The Labute approximate surface area is 100 Å². The van der Waals surface area contributed by atoms with Crippen LogP contribution >= 0.6 is 0 Å². The number of piperidine rings is 1. The Morgan fingerprint density at radius 1 is 1.38 bits per heavy atom. The zero-order valence-electron chi connectivity index (χ0n) is 11.3. The van der Waals surface area contributed by atoms with Crippen molar-refractivity contribution in [1.29, 1.82) is 0 Å². The molecule has 0 aromatic carbocycles. The van der Waals surface area contributed by atoms with Gasteiger partial charge in [-0.25, -0.2) is 0 Å². The molecule has 0 radical (unpaired) electrons. The van der Waals surface area contributed by atoms with Crippen molar-refractivity contribution in [3.63, 3.8) is 0 Å². The van der Waals surface area contributed by atoms with Crippen molar-refractivity contribution in [3.05, 3.63) is 0 Å². The van der Waals surface area contributed by atoms with Crippen molar-refractivity contribution in [2.24, 2.45) is 11.8 Å². The lowest BCUT2D eigenvalue weighted by Gasteiger charge is -2.41. The zero-order chi connectivity index (χ0) is 12.1. The fourth-order valence-electron chi connectivity index (χ4n) is 2.49. The summed E-state index contributed by atoms with van der Waals surface area (Å²) in [4.78, 5) is 4.82. The highest BCUT2D eigenvalue weighted by atomic mass is 16.3. The molecule has 1 heterocycles. The van der Waals surface area contributed by atoms with Gasteiger partial charge in [0.1, 0.15) is 0 Å². The average molecular weight is 228 g/mol. The van der Waals surface area contributed by atoms with Crippen LogP contribution in [0, 0.1) is 11.8 Å². The third-order valence-electron chi connectivity index (χ3n) is 3.73. The molecule has 0 saturated carbocycles. The molecule has 1 N–H and O–H groups in total. The largest absolute Gasteiger partial charge is 0.396 e. The summed E-state index contributed by atoms with van der Waals surface area (Å²) in [5.74, 6) is 1.25. The fraction of sp³-hybridized carbons (Fsp3) is 1.00. The number of hydrogen-bond donors (Lipinski definition) is 1. The van der Waals surface area contributed by atoms with E-state index in [9.17, 15) is 5.11 Å². The van der Waals surface area contributed by atoms with Crippen molar-refractivity contribution < 1.29 is 5.11 Å². The number of hydrogen-bond acceptors (Lipinski definition) is 3. The highest BCUT2D eigenvalue weighted by Crippen LogP contribution is 2.21. The Hall–Kier alpha value is -0.120. The van der Waals surface area contributed by atoms with Crippen molar-refractivity contribution >= 4 is 0 Å². The molecule has 0 unspecified atom stereocenters. The van der Waals surface area contributed by atoms with E-state index in [4.69, 9.17) is 0 Å². The van der Waals surface area contributed by atoms with Crippen LogP contribution in [0.25, 0.3) is 0 Å². The van der Waals surface area contributed by atoms with E-state index >= 15 is 0 Å². The lowest BCUT2D eigenvalue weighted by atomic mass is 9.91. The molecular weight excluding hydrogens is 200 g/mol. The standard InChI is InChI=1S/C13H28N2O/c1-11(2)5-7-15-8-6-12(10-16)13(9-15)14(3)4/h11-13,16H,5-10H2,1-4H3/t12-,13-/m1/s1. The third-order valence-corrected chi connectivity index (χ3v) is 3.73. The number of likely N-dealkylation sites (N-methyl/N-ethyl adjacent to an activating group) is 1. The second-order valence-corrected chi connectivity index (χ2v) is 5.75. The second kappa shape index (κ2) is 6.58. The van der Waals surface area contributed by atoms with E-state index in [1.54, 1.807) is 0 Å². The molecule has 3 heteroatoms. The van der Waals surface area contributed by atoms with Crippen molar-refractivity contribution in [3.8, 4) is 0 Å². The van der Waals surface area contributed by atoms with Crippen LogP contribution in [-0.4, -0.2) is 61.3 Å². The molecule has 0 aromatic rings. The lowest BCUT2D eigenvalue weighted by molar-refractivity contribution is 0.0476. The summed E-state index contributed by atoms with van der Waals surface area (Å²) in [6.45, 7) is 8.38. The van der Waals surface area contributed by atoms with Crippen LogP contribution in [0.2, 0.25) is 0 Å². The number of aliphatic hydroxyl groups excluding tert-OH is 1. The predicted molar refractivity (Wildman–Crippen MR) is 68.6 cm³/mol. The Bertz CT molecular complexity index is 194. The quantitative estimate of drug-likeness (QED) is 0.768. The van der Waals surface area contributed by atoms with E-state index in [-0.39, 0.29) is 0 Å². The molecule has 1 aliphatic heterocycles. The number of likely N-dealkylation sites (tertiary alicyclic amines) is 1. The highest BCUT2D eigenvalue weighted by Gasteiger charge is 2.29.